The molecule has 0 spiro atoms. The third-order valence-electron chi connectivity index (χ3n) is 4.64. The topological polar surface area (TPSA) is 58.6 Å². The van der Waals surface area contributed by atoms with Gasteiger partial charge in [-0.05, 0) is 49.6 Å². The Labute approximate surface area is 154 Å². The molecule has 0 bridgehead atoms. The molecular weight excluding hydrogens is 328 g/mol. The molecule has 2 heterocycles. The van der Waals surface area contributed by atoms with Gasteiger partial charge in [-0.25, -0.2) is 9.97 Å². The van der Waals surface area contributed by atoms with E-state index < -0.39 is 0 Å². The van der Waals surface area contributed by atoms with E-state index in [0.29, 0.717) is 25.1 Å². The van der Waals surface area contributed by atoms with Gasteiger partial charge in [0.25, 0.3) is 5.91 Å². The van der Waals surface area contributed by atoms with Crippen LogP contribution in [0.3, 0.4) is 0 Å². The molecule has 1 atom stereocenters. The average Bonchev–Trinajstić information content (AvgIpc) is 2.67. The molecule has 0 aliphatic carbocycles. The van der Waals surface area contributed by atoms with Gasteiger partial charge in [0.05, 0.1) is 6.61 Å². The molecule has 1 unspecified atom stereocenters. The number of hydrogen-bond acceptors (Lipinski definition) is 5. The number of benzene rings is 1. The first-order valence-corrected chi connectivity index (χ1v) is 9.01. The number of carbonyl (C=O) groups excluding carboxylic acids is 1. The minimum absolute atomic E-state index is 0.0894. The molecule has 1 saturated heterocycles. The summed E-state index contributed by atoms with van der Waals surface area (Å²) in [6.07, 6.45) is 5.53. The number of aryl methyl sites for hydroxylation is 1. The van der Waals surface area contributed by atoms with E-state index in [1.54, 1.807) is 12.4 Å². The molecule has 6 nitrogen and oxygen atoms in total. The van der Waals surface area contributed by atoms with Crippen molar-refractivity contribution in [3.05, 3.63) is 47.8 Å². The Balaban J connectivity index is 1.57. The van der Waals surface area contributed by atoms with E-state index in [1.165, 1.54) is 0 Å². The molecule has 1 aromatic heterocycles. The monoisotopic (exact) mass is 354 g/mol. The van der Waals surface area contributed by atoms with Crippen LogP contribution in [0.25, 0.3) is 0 Å². The predicted octanol–water partition coefficient (Wildman–Crippen LogP) is 2.78. The molecule has 1 amide bonds. The lowest BCUT2D eigenvalue weighted by atomic mass is 9.98. The third-order valence-corrected chi connectivity index (χ3v) is 4.64. The lowest BCUT2D eigenvalue weighted by Crippen LogP contribution is -2.41. The lowest BCUT2D eigenvalue weighted by Gasteiger charge is -2.32. The molecule has 3 rings (SSSR count). The van der Waals surface area contributed by atoms with Crippen LogP contribution in [0.15, 0.2) is 36.7 Å². The summed E-state index contributed by atoms with van der Waals surface area (Å²) in [6.45, 7) is 3.98. The predicted molar refractivity (Wildman–Crippen MR) is 102 cm³/mol. The Kier molecular flexibility index (Phi) is 5.71. The molecule has 1 aromatic carbocycles. The zero-order valence-corrected chi connectivity index (χ0v) is 15.7. The lowest BCUT2D eigenvalue weighted by molar-refractivity contribution is 0.0628. The fourth-order valence-electron chi connectivity index (χ4n) is 3.12. The number of amides is 1. The van der Waals surface area contributed by atoms with E-state index in [9.17, 15) is 4.79 Å². The molecular formula is C20H26N4O2. The standard InChI is InChI=1S/C20H26N4O2/c1-15-11-21-20(22-12-15)26-14-16-5-4-10-24(13-16)19(25)17-6-8-18(9-7-17)23(2)3/h6-9,11-12,16H,4-5,10,13-14H2,1-3H3. The van der Waals surface area contributed by atoms with Crippen molar-refractivity contribution in [2.75, 3.05) is 38.7 Å². The van der Waals surface area contributed by atoms with Crippen molar-refractivity contribution >= 4 is 11.6 Å². The minimum atomic E-state index is 0.0894. The zero-order chi connectivity index (χ0) is 18.5. The van der Waals surface area contributed by atoms with E-state index in [1.807, 2.05) is 55.1 Å². The van der Waals surface area contributed by atoms with Gasteiger partial charge in [0.15, 0.2) is 0 Å². The van der Waals surface area contributed by atoms with Crippen molar-refractivity contribution in [2.24, 2.45) is 5.92 Å². The minimum Gasteiger partial charge on any atom is -0.463 e. The number of aromatic nitrogens is 2. The van der Waals surface area contributed by atoms with Gasteiger partial charge in [-0.2, -0.15) is 0 Å². The van der Waals surface area contributed by atoms with Gasteiger partial charge in [0.2, 0.25) is 0 Å². The van der Waals surface area contributed by atoms with E-state index in [4.69, 9.17) is 4.74 Å². The van der Waals surface area contributed by atoms with Crippen molar-refractivity contribution in [1.82, 2.24) is 14.9 Å². The summed E-state index contributed by atoms with van der Waals surface area (Å²) >= 11 is 0. The zero-order valence-electron chi connectivity index (χ0n) is 15.7. The molecule has 2 aromatic rings. The van der Waals surface area contributed by atoms with E-state index >= 15 is 0 Å². The van der Waals surface area contributed by atoms with Crippen LogP contribution in [0.2, 0.25) is 0 Å². The molecule has 6 heteroatoms. The highest BCUT2D eigenvalue weighted by Gasteiger charge is 2.25. The number of rotatable bonds is 5. The number of nitrogens with zero attached hydrogens (tertiary/aromatic N) is 4. The number of ether oxygens (including phenoxy) is 1. The second-order valence-electron chi connectivity index (χ2n) is 7.05. The largest absolute Gasteiger partial charge is 0.463 e. The normalized spacial score (nSPS) is 17.0. The average molecular weight is 354 g/mol. The van der Waals surface area contributed by atoms with Crippen LogP contribution in [-0.4, -0.2) is 54.6 Å². The van der Waals surface area contributed by atoms with Crippen LogP contribution < -0.4 is 9.64 Å². The van der Waals surface area contributed by atoms with Gasteiger partial charge in [0, 0.05) is 56.7 Å². The summed E-state index contributed by atoms with van der Waals surface area (Å²) in [6, 6.07) is 8.16. The number of carbonyl (C=O) groups is 1. The maximum atomic E-state index is 12.8. The van der Waals surface area contributed by atoms with Crippen LogP contribution in [0, 0.1) is 12.8 Å². The molecule has 1 aliphatic heterocycles. The highest BCUT2D eigenvalue weighted by molar-refractivity contribution is 5.94. The van der Waals surface area contributed by atoms with E-state index in [2.05, 4.69) is 9.97 Å². The summed E-state index contributed by atoms with van der Waals surface area (Å²) in [5.41, 5.74) is 2.83. The summed E-state index contributed by atoms with van der Waals surface area (Å²) < 4.78 is 5.71. The highest BCUT2D eigenvalue weighted by atomic mass is 16.5. The SMILES string of the molecule is Cc1cnc(OCC2CCCN(C(=O)c3ccc(N(C)C)cc3)C2)nc1. The highest BCUT2D eigenvalue weighted by Crippen LogP contribution is 2.20. The van der Waals surface area contributed by atoms with Crippen LogP contribution in [0.5, 0.6) is 6.01 Å². The van der Waals surface area contributed by atoms with E-state index in [0.717, 1.165) is 36.2 Å². The fourth-order valence-corrected chi connectivity index (χ4v) is 3.12. The van der Waals surface area contributed by atoms with Gasteiger partial charge in [0.1, 0.15) is 0 Å². The van der Waals surface area contributed by atoms with Gasteiger partial charge in [-0.1, -0.05) is 0 Å². The first-order valence-electron chi connectivity index (χ1n) is 9.01. The first-order chi connectivity index (χ1) is 12.5. The maximum Gasteiger partial charge on any atom is 0.316 e. The molecule has 0 saturated carbocycles. The second-order valence-corrected chi connectivity index (χ2v) is 7.05. The van der Waals surface area contributed by atoms with Crippen LogP contribution in [0.4, 0.5) is 5.69 Å². The number of piperidine rings is 1. The summed E-state index contributed by atoms with van der Waals surface area (Å²) in [5, 5.41) is 0. The van der Waals surface area contributed by atoms with Gasteiger partial charge < -0.3 is 14.5 Å². The second kappa shape index (κ2) is 8.17. The molecule has 1 fully saturated rings. The molecule has 1 aliphatic rings. The smallest absolute Gasteiger partial charge is 0.316 e. The molecule has 0 radical (unpaired) electrons. The Morgan fingerprint density at radius 3 is 2.58 bits per heavy atom. The van der Waals surface area contributed by atoms with E-state index in [-0.39, 0.29) is 5.91 Å². The van der Waals surface area contributed by atoms with Gasteiger partial charge >= 0.3 is 6.01 Å². The quantitative estimate of drug-likeness (QED) is 0.826. The van der Waals surface area contributed by atoms with Crippen molar-refractivity contribution < 1.29 is 9.53 Å². The number of likely N-dealkylation sites (tertiary alicyclic amines) is 1. The van der Waals surface area contributed by atoms with Crippen molar-refractivity contribution in [3.63, 3.8) is 0 Å². The van der Waals surface area contributed by atoms with Crippen LogP contribution >= 0.6 is 0 Å². The number of hydrogen-bond donors (Lipinski definition) is 0. The number of anilines is 1. The fraction of sp³-hybridized carbons (Fsp3) is 0.450. The Morgan fingerprint density at radius 2 is 1.92 bits per heavy atom. The third kappa shape index (κ3) is 4.50. The molecule has 0 N–H and O–H groups in total. The van der Waals surface area contributed by atoms with Crippen LogP contribution in [-0.2, 0) is 0 Å². The summed E-state index contributed by atoms with van der Waals surface area (Å²) in [7, 11) is 3.98. The summed E-state index contributed by atoms with van der Waals surface area (Å²) in [4.78, 5) is 25.1. The Morgan fingerprint density at radius 1 is 1.23 bits per heavy atom. The van der Waals surface area contributed by atoms with Crippen molar-refractivity contribution in [3.8, 4) is 6.01 Å². The first kappa shape index (κ1) is 18.2. The maximum absolute atomic E-state index is 12.8. The molecule has 26 heavy (non-hydrogen) atoms. The van der Waals surface area contributed by atoms with Crippen LogP contribution in [0.1, 0.15) is 28.8 Å². The van der Waals surface area contributed by atoms with Crippen molar-refractivity contribution in [2.45, 2.75) is 19.8 Å². The Hall–Kier alpha value is -2.63. The summed E-state index contributed by atoms with van der Waals surface area (Å²) in [5.74, 6) is 0.394. The Bertz CT molecular complexity index is 728. The van der Waals surface area contributed by atoms with Crippen molar-refractivity contribution in [1.29, 1.82) is 0 Å². The molecule has 138 valence electrons. The van der Waals surface area contributed by atoms with Gasteiger partial charge in [-0.15, -0.1) is 0 Å². The van der Waals surface area contributed by atoms with Gasteiger partial charge in [-0.3, -0.25) is 4.79 Å².